The van der Waals surface area contributed by atoms with Crippen LogP contribution in [0.2, 0.25) is 5.02 Å². The number of rotatable bonds is 6. The van der Waals surface area contributed by atoms with Crippen LogP contribution in [0.1, 0.15) is 31.2 Å². The molecule has 1 saturated carbocycles. The Morgan fingerprint density at radius 1 is 1.61 bits per heavy atom. The van der Waals surface area contributed by atoms with E-state index >= 15 is 0 Å². The summed E-state index contributed by atoms with van der Waals surface area (Å²) in [7, 11) is 0. The van der Waals surface area contributed by atoms with Crippen molar-refractivity contribution in [3.8, 4) is 0 Å². The molecule has 0 aliphatic heterocycles. The SMILES string of the molecule is CCn1nc(C)c(Cl)c1CN(CC(=O)O)C1CC1. The van der Waals surface area contributed by atoms with E-state index in [1.54, 1.807) is 0 Å². The normalized spacial score (nSPS) is 15.3. The van der Waals surface area contributed by atoms with Crippen LogP contribution in [0.25, 0.3) is 0 Å². The molecule has 0 radical (unpaired) electrons. The van der Waals surface area contributed by atoms with Crippen molar-refractivity contribution in [1.29, 1.82) is 0 Å². The van der Waals surface area contributed by atoms with E-state index < -0.39 is 5.97 Å². The zero-order valence-corrected chi connectivity index (χ0v) is 11.4. The van der Waals surface area contributed by atoms with Gasteiger partial charge in [-0.2, -0.15) is 5.10 Å². The average molecular weight is 272 g/mol. The van der Waals surface area contributed by atoms with Crippen LogP contribution >= 0.6 is 11.6 Å². The number of carboxylic acid groups (broad SMARTS) is 1. The van der Waals surface area contributed by atoms with E-state index in [4.69, 9.17) is 16.7 Å². The molecule has 0 aromatic carbocycles. The molecule has 0 unspecified atom stereocenters. The predicted octanol–water partition coefficient (Wildman–Crippen LogP) is 1.91. The third-order valence-electron chi connectivity index (χ3n) is 3.21. The van der Waals surface area contributed by atoms with E-state index in [-0.39, 0.29) is 6.54 Å². The summed E-state index contributed by atoms with van der Waals surface area (Å²) >= 11 is 6.24. The standard InChI is InChI=1S/C12H18ClN3O2/c1-3-16-10(12(13)8(2)14-16)6-15(7-11(17)18)9-4-5-9/h9H,3-7H2,1-2H3,(H,17,18). The van der Waals surface area contributed by atoms with Crippen LogP contribution in [-0.4, -0.2) is 38.3 Å². The fourth-order valence-corrected chi connectivity index (χ4v) is 2.34. The summed E-state index contributed by atoms with van der Waals surface area (Å²) in [4.78, 5) is 12.8. The van der Waals surface area contributed by atoms with Crippen molar-refractivity contribution < 1.29 is 9.90 Å². The number of nitrogens with zero attached hydrogens (tertiary/aromatic N) is 3. The van der Waals surface area contributed by atoms with Gasteiger partial charge >= 0.3 is 5.97 Å². The Hall–Kier alpha value is -1.07. The van der Waals surface area contributed by atoms with Crippen LogP contribution in [0.5, 0.6) is 0 Å². The monoisotopic (exact) mass is 271 g/mol. The highest BCUT2D eigenvalue weighted by atomic mass is 35.5. The summed E-state index contributed by atoms with van der Waals surface area (Å²) in [6.07, 6.45) is 2.15. The van der Waals surface area contributed by atoms with Gasteiger partial charge in [0.1, 0.15) is 0 Å². The van der Waals surface area contributed by atoms with Gasteiger partial charge in [-0.15, -0.1) is 0 Å². The Morgan fingerprint density at radius 3 is 2.78 bits per heavy atom. The van der Waals surface area contributed by atoms with Crippen molar-refractivity contribution in [2.24, 2.45) is 0 Å². The van der Waals surface area contributed by atoms with Gasteiger partial charge in [0.25, 0.3) is 0 Å². The molecule has 6 heteroatoms. The maximum atomic E-state index is 10.9. The fraction of sp³-hybridized carbons (Fsp3) is 0.667. The zero-order valence-electron chi connectivity index (χ0n) is 10.7. The minimum absolute atomic E-state index is 0.0644. The highest BCUT2D eigenvalue weighted by Gasteiger charge is 2.31. The number of hydrogen-bond acceptors (Lipinski definition) is 3. The van der Waals surface area contributed by atoms with Crippen LogP contribution < -0.4 is 0 Å². The van der Waals surface area contributed by atoms with Gasteiger partial charge in [-0.1, -0.05) is 11.6 Å². The lowest BCUT2D eigenvalue weighted by Gasteiger charge is -2.20. The molecule has 0 amide bonds. The Bertz CT molecular complexity index is 454. The first-order valence-electron chi connectivity index (χ1n) is 6.20. The van der Waals surface area contributed by atoms with Crippen molar-refractivity contribution in [1.82, 2.24) is 14.7 Å². The first kappa shape index (κ1) is 13.4. The molecule has 2 rings (SSSR count). The quantitative estimate of drug-likeness (QED) is 0.859. The molecule has 5 nitrogen and oxygen atoms in total. The lowest BCUT2D eigenvalue weighted by atomic mass is 10.3. The van der Waals surface area contributed by atoms with Gasteiger partial charge in [-0.25, -0.2) is 0 Å². The van der Waals surface area contributed by atoms with Gasteiger partial charge in [0, 0.05) is 19.1 Å². The number of aromatic nitrogens is 2. The minimum atomic E-state index is -0.794. The largest absolute Gasteiger partial charge is 0.480 e. The van der Waals surface area contributed by atoms with Gasteiger partial charge in [-0.05, 0) is 26.7 Å². The van der Waals surface area contributed by atoms with E-state index in [1.807, 2.05) is 23.4 Å². The van der Waals surface area contributed by atoms with Crippen molar-refractivity contribution in [3.63, 3.8) is 0 Å². The third kappa shape index (κ3) is 2.84. The van der Waals surface area contributed by atoms with Crippen molar-refractivity contribution >= 4 is 17.6 Å². The van der Waals surface area contributed by atoms with Crippen LogP contribution in [0.15, 0.2) is 0 Å². The fourth-order valence-electron chi connectivity index (χ4n) is 2.14. The minimum Gasteiger partial charge on any atom is -0.480 e. The van der Waals surface area contributed by atoms with Gasteiger partial charge in [0.05, 0.1) is 23.0 Å². The van der Waals surface area contributed by atoms with Crippen molar-refractivity contribution in [3.05, 3.63) is 16.4 Å². The summed E-state index contributed by atoms with van der Waals surface area (Å²) in [5, 5.41) is 14.0. The van der Waals surface area contributed by atoms with Crippen molar-refractivity contribution in [2.75, 3.05) is 6.54 Å². The van der Waals surface area contributed by atoms with E-state index in [9.17, 15) is 4.79 Å². The topological polar surface area (TPSA) is 58.4 Å². The second-order valence-electron chi connectivity index (χ2n) is 4.69. The second-order valence-corrected chi connectivity index (χ2v) is 5.07. The number of hydrogen-bond donors (Lipinski definition) is 1. The first-order valence-corrected chi connectivity index (χ1v) is 6.58. The number of carbonyl (C=O) groups is 1. The molecular formula is C12H18ClN3O2. The highest BCUT2D eigenvalue weighted by molar-refractivity contribution is 6.31. The molecule has 0 atom stereocenters. The van der Waals surface area contributed by atoms with E-state index in [0.29, 0.717) is 17.6 Å². The smallest absolute Gasteiger partial charge is 0.317 e. The Labute approximate surface area is 111 Å². The number of halogens is 1. The summed E-state index contributed by atoms with van der Waals surface area (Å²) in [5.41, 5.74) is 1.73. The van der Waals surface area contributed by atoms with Crippen LogP contribution in [0.4, 0.5) is 0 Å². The molecule has 1 heterocycles. The lowest BCUT2D eigenvalue weighted by Crippen LogP contribution is -2.32. The number of carboxylic acids is 1. The second kappa shape index (κ2) is 5.28. The van der Waals surface area contributed by atoms with E-state index in [2.05, 4.69) is 5.10 Å². The highest BCUT2D eigenvalue weighted by Crippen LogP contribution is 2.30. The number of aliphatic carboxylic acids is 1. The van der Waals surface area contributed by atoms with Crippen LogP contribution in [0.3, 0.4) is 0 Å². The lowest BCUT2D eigenvalue weighted by molar-refractivity contribution is -0.138. The third-order valence-corrected chi connectivity index (χ3v) is 3.70. The van der Waals surface area contributed by atoms with Gasteiger partial charge in [0.2, 0.25) is 0 Å². The molecule has 18 heavy (non-hydrogen) atoms. The zero-order chi connectivity index (χ0) is 13.3. The Balaban J connectivity index is 2.17. The molecule has 1 aliphatic carbocycles. The van der Waals surface area contributed by atoms with E-state index in [1.165, 1.54) is 0 Å². The average Bonchev–Trinajstić information content (AvgIpc) is 3.10. The van der Waals surface area contributed by atoms with Crippen LogP contribution in [0, 0.1) is 6.92 Å². The predicted molar refractivity (Wildman–Crippen MR) is 68.7 cm³/mol. The molecular weight excluding hydrogens is 254 g/mol. The van der Waals surface area contributed by atoms with E-state index in [0.717, 1.165) is 30.8 Å². The van der Waals surface area contributed by atoms with Gasteiger partial charge < -0.3 is 5.11 Å². The molecule has 1 N–H and O–H groups in total. The molecule has 1 aromatic rings. The van der Waals surface area contributed by atoms with Crippen LogP contribution in [-0.2, 0) is 17.9 Å². The maximum absolute atomic E-state index is 10.9. The summed E-state index contributed by atoms with van der Waals surface area (Å²) in [5.74, 6) is -0.794. The number of aryl methyl sites for hydroxylation is 2. The summed E-state index contributed by atoms with van der Waals surface area (Å²) in [6.45, 7) is 5.25. The molecule has 0 bridgehead atoms. The summed E-state index contributed by atoms with van der Waals surface area (Å²) in [6, 6.07) is 0.387. The van der Waals surface area contributed by atoms with Crippen molar-refractivity contribution in [2.45, 2.75) is 45.8 Å². The molecule has 100 valence electrons. The molecule has 1 fully saturated rings. The van der Waals surface area contributed by atoms with Gasteiger partial charge in [-0.3, -0.25) is 14.4 Å². The Morgan fingerprint density at radius 2 is 2.28 bits per heavy atom. The first-order chi connectivity index (χ1) is 8.52. The molecule has 1 aromatic heterocycles. The summed E-state index contributed by atoms with van der Waals surface area (Å²) < 4.78 is 1.86. The molecule has 0 saturated heterocycles. The molecule has 1 aliphatic rings. The Kier molecular flexibility index (Phi) is 3.92. The molecule has 0 spiro atoms. The maximum Gasteiger partial charge on any atom is 0.317 e. The van der Waals surface area contributed by atoms with Gasteiger partial charge in [0.15, 0.2) is 0 Å².